The highest BCUT2D eigenvalue weighted by Gasteiger charge is 2.24. The van der Waals surface area contributed by atoms with Crippen molar-refractivity contribution in [3.05, 3.63) is 29.8 Å². The molecule has 1 aliphatic heterocycles. The van der Waals surface area contributed by atoms with Crippen molar-refractivity contribution in [2.45, 2.75) is 45.2 Å². The average Bonchev–Trinajstić information content (AvgIpc) is 2.42. The molecule has 1 aromatic carbocycles. The predicted octanol–water partition coefficient (Wildman–Crippen LogP) is 3.14. The Morgan fingerprint density at radius 2 is 1.95 bits per heavy atom. The Hall–Kier alpha value is -1.35. The number of benzene rings is 1. The fourth-order valence-electron chi connectivity index (χ4n) is 2.89. The van der Waals surface area contributed by atoms with Crippen molar-refractivity contribution in [1.29, 1.82) is 0 Å². The number of ether oxygens (including phenoxy) is 1. The normalized spacial score (nSPS) is 24.1. The van der Waals surface area contributed by atoms with Gasteiger partial charge >= 0.3 is 0 Å². The van der Waals surface area contributed by atoms with Crippen LogP contribution in [0.15, 0.2) is 24.3 Å². The zero-order valence-electron chi connectivity index (χ0n) is 11.8. The Kier molecular flexibility index (Phi) is 4.97. The fraction of sp³-hybridized carbons (Fsp3) is 0.562. The van der Waals surface area contributed by atoms with Gasteiger partial charge in [-0.2, -0.15) is 0 Å². The molecule has 19 heavy (non-hydrogen) atoms. The molecule has 3 nitrogen and oxygen atoms in total. The highest BCUT2D eigenvalue weighted by molar-refractivity contribution is 5.79. The Morgan fingerprint density at radius 1 is 1.26 bits per heavy atom. The second-order valence-corrected chi connectivity index (χ2v) is 5.37. The lowest BCUT2D eigenvalue weighted by molar-refractivity contribution is 0.0847. The number of piperidine rings is 1. The van der Waals surface area contributed by atoms with Gasteiger partial charge in [0.25, 0.3) is 0 Å². The minimum Gasteiger partial charge on any atom is -0.492 e. The molecule has 0 N–H and O–H groups in total. The molecule has 0 saturated carbocycles. The summed E-state index contributed by atoms with van der Waals surface area (Å²) < 4.78 is 5.75. The standard InChI is InChI=1S/C16H23NO2/c1-13-6-5-7-14(2)17(13)10-11-19-16-9-4-3-8-15(16)12-18/h3-4,8-9,12-14H,5-7,10-11H2,1-2H3/t13-,14-/m0/s1. The Morgan fingerprint density at radius 3 is 2.63 bits per heavy atom. The number of hydrogen-bond donors (Lipinski definition) is 0. The quantitative estimate of drug-likeness (QED) is 0.763. The predicted molar refractivity (Wildman–Crippen MR) is 76.8 cm³/mol. The molecule has 0 aromatic heterocycles. The molecule has 2 rings (SSSR count). The van der Waals surface area contributed by atoms with Gasteiger partial charge in [0.1, 0.15) is 12.4 Å². The number of nitrogens with zero attached hydrogens (tertiary/aromatic N) is 1. The first kappa shape index (κ1) is 14.1. The first-order valence-corrected chi connectivity index (χ1v) is 7.15. The number of carbonyl (C=O) groups excluding carboxylic acids is 1. The molecule has 2 atom stereocenters. The van der Waals surface area contributed by atoms with Crippen LogP contribution in [-0.2, 0) is 0 Å². The van der Waals surface area contributed by atoms with Gasteiger partial charge in [0.2, 0.25) is 0 Å². The lowest BCUT2D eigenvalue weighted by Gasteiger charge is -2.38. The maximum atomic E-state index is 10.9. The maximum Gasteiger partial charge on any atom is 0.153 e. The van der Waals surface area contributed by atoms with E-state index in [4.69, 9.17) is 4.74 Å². The van der Waals surface area contributed by atoms with Crippen LogP contribution in [0.3, 0.4) is 0 Å². The number of hydrogen-bond acceptors (Lipinski definition) is 3. The van der Waals surface area contributed by atoms with Gasteiger partial charge < -0.3 is 4.74 Å². The summed E-state index contributed by atoms with van der Waals surface area (Å²) >= 11 is 0. The average molecular weight is 261 g/mol. The van der Waals surface area contributed by atoms with Gasteiger partial charge in [-0.1, -0.05) is 18.6 Å². The lowest BCUT2D eigenvalue weighted by atomic mass is 9.98. The van der Waals surface area contributed by atoms with Gasteiger partial charge in [0.05, 0.1) is 5.56 Å². The second-order valence-electron chi connectivity index (χ2n) is 5.37. The summed E-state index contributed by atoms with van der Waals surface area (Å²) in [5.74, 6) is 0.690. The lowest BCUT2D eigenvalue weighted by Crippen LogP contribution is -2.45. The van der Waals surface area contributed by atoms with Gasteiger partial charge in [-0.25, -0.2) is 0 Å². The van der Waals surface area contributed by atoms with Crippen LogP contribution in [0.2, 0.25) is 0 Å². The van der Waals surface area contributed by atoms with E-state index < -0.39 is 0 Å². The summed E-state index contributed by atoms with van der Waals surface area (Å²) in [5, 5.41) is 0. The summed E-state index contributed by atoms with van der Waals surface area (Å²) in [7, 11) is 0. The van der Waals surface area contributed by atoms with Crippen molar-refractivity contribution >= 4 is 6.29 Å². The molecule has 104 valence electrons. The van der Waals surface area contributed by atoms with E-state index in [0.29, 0.717) is 30.0 Å². The monoisotopic (exact) mass is 261 g/mol. The van der Waals surface area contributed by atoms with Gasteiger partial charge in [0.15, 0.2) is 6.29 Å². The molecular weight excluding hydrogens is 238 g/mol. The Labute approximate surface area is 115 Å². The molecule has 0 bridgehead atoms. The SMILES string of the molecule is C[C@H]1CCC[C@H](C)N1CCOc1ccccc1C=O. The van der Waals surface area contributed by atoms with Crippen molar-refractivity contribution in [1.82, 2.24) is 4.90 Å². The highest BCUT2D eigenvalue weighted by atomic mass is 16.5. The van der Waals surface area contributed by atoms with Crippen LogP contribution >= 0.6 is 0 Å². The molecule has 1 fully saturated rings. The molecule has 1 saturated heterocycles. The van der Waals surface area contributed by atoms with Crippen molar-refractivity contribution in [3.8, 4) is 5.75 Å². The summed E-state index contributed by atoms with van der Waals surface area (Å²) in [4.78, 5) is 13.4. The van der Waals surface area contributed by atoms with E-state index in [0.717, 1.165) is 12.8 Å². The van der Waals surface area contributed by atoms with E-state index in [1.807, 2.05) is 18.2 Å². The van der Waals surface area contributed by atoms with Crippen LogP contribution < -0.4 is 4.74 Å². The molecule has 1 aromatic rings. The Bertz CT molecular complexity index is 409. The van der Waals surface area contributed by atoms with Crippen LogP contribution in [0.5, 0.6) is 5.75 Å². The van der Waals surface area contributed by atoms with E-state index in [1.165, 1.54) is 19.3 Å². The van der Waals surface area contributed by atoms with Crippen LogP contribution in [0.1, 0.15) is 43.5 Å². The van der Waals surface area contributed by atoms with E-state index in [-0.39, 0.29) is 0 Å². The highest BCUT2D eigenvalue weighted by Crippen LogP contribution is 2.22. The smallest absolute Gasteiger partial charge is 0.153 e. The van der Waals surface area contributed by atoms with Crippen molar-refractivity contribution in [2.75, 3.05) is 13.2 Å². The third-order valence-electron chi connectivity index (χ3n) is 4.03. The van der Waals surface area contributed by atoms with Crippen molar-refractivity contribution < 1.29 is 9.53 Å². The first-order chi connectivity index (χ1) is 9.22. The second kappa shape index (κ2) is 6.71. The topological polar surface area (TPSA) is 29.5 Å². The van der Waals surface area contributed by atoms with Gasteiger partial charge in [0, 0.05) is 18.6 Å². The fourth-order valence-corrected chi connectivity index (χ4v) is 2.89. The Balaban J connectivity index is 1.87. The number of aldehydes is 1. The van der Waals surface area contributed by atoms with Crippen LogP contribution in [0.25, 0.3) is 0 Å². The zero-order chi connectivity index (χ0) is 13.7. The summed E-state index contributed by atoms with van der Waals surface area (Å²) in [6.45, 7) is 6.14. The van der Waals surface area contributed by atoms with E-state index in [2.05, 4.69) is 18.7 Å². The number of para-hydroxylation sites is 1. The van der Waals surface area contributed by atoms with E-state index in [1.54, 1.807) is 6.07 Å². The maximum absolute atomic E-state index is 10.9. The molecule has 0 spiro atoms. The molecular formula is C16H23NO2. The van der Waals surface area contributed by atoms with Gasteiger partial charge in [-0.05, 0) is 38.8 Å². The van der Waals surface area contributed by atoms with Crippen LogP contribution in [-0.4, -0.2) is 36.4 Å². The zero-order valence-corrected chi connectivity index (χ0v) is 11.8. The summed E-state index contributed by atoms with van der Waals surface area (Å²) in [6.07, 6.45) is 4.72. The minimum atomic E-state index is 0.627. The molecule has 0 amide bonds. The minimum absolute atomic E-state index is 0.627. The van der Waals surface area contributed by atoms with Crippen LogP contribution in [0, 0.1) is 0 Å². The van der Waals surface area contributed by atoms with Gasteiger partial charge in [-0.15, -0.1) is 0 Å². The number of carbonyl (C=O) groups is 1. The molecule has 0 aliphatic carbocycles. The third-order valence-corrected chi connectivity index (χ3v) is 4.03. The molecule has 1 aliphatic rings. The molecule has 3 heteroatoms. The summed E-state index contributed by atoms with van der Waals surface area (Å²) in [5.41, 5.74) is 0.627. The molecule has 0 radical (unpaired) electrons. The van der Waals surface area contributed by atoms with E-state index >= 15 is 0 Å². The molecule has 0 unspecified atom stereocenters. The number of rotatable bonds is 5. The third kappa shape index (κ3) is 3.57. The van der Waals surface area contributed by atoms with Crippen molar-refractivity contribution in [2.24, 2.45) is 0 Å². The first-order valence-electron chi connectivity index (χ1n) is 7.15. The van der Waals surface area contributed by atoms with Gasteiger partial charge in [-0.3, -0.25) is 9.69 Å². The van der Waals surface area contributed by atoms with Crippen molar-refractivity contribution in [3.63, 3.8) is 0 Å². The molecule has 1 heterocycles. The summed E-state index contributed by atoms with van der Waals surface area (Å²) in [6, 6.07) is 8.66. The number of likely N-dealkylation sites (tertiary alicyclic amines) is 1. The van der Waals surface area contributed by atoms with Crippen LogP contribution in [0.4, 0.5) is 0 Å². The van der Waals surface area contributed by atoms with E-state index in [9.17, 15) is 4.79 Å². The largest absolute Gasteiger partial charge is 0.492 e.